The van der Waals surface area contributed by atoms with Crippen molar-refractivity contribution in [2.24, 2.45) is 11.3 Å². The summed E-state index contributed by atoms with van der Waals surface area (Å²) >= 11 is 5.94. The van der Waals surface area contributed by atoms with Crippen LogP contribution >= 0.6 is 11.6 Å². The number of hydrogen-bond acceptors (Lipinski definition) is 5. The number of amides is 1. The van der Waals surface area contributed by atoms with Crippen molar-refractivity contribution in [3.05, 3.63) is 11.2 Å². The molecule has 1 saturated heterocycles. The fourth-order valence-corrected chi connectivity index (χ4v) is 2.71. The number of nitrogens with one attached hydrogen (secondary N) is 1. The van der Waals surface area contributed by atoms with Crippen molar-refractivity contribution in [3.63, 3.8) is 0 Å². The Hall–Kier alpha value is -1.56. The zero-order valence-electron chi connectivity index (χ0n) is 13.4. The molecule has 1 aromatic heterocycles. The van der Waals surface area contributed by atoms with Gasteiger partial charge in [-0.2, -0.15) is 4.98 Å². The Morgan fingerprint density at radius 2 is 2.23 bits per heavy atom. The Balaban J connectivity index is 1.96. The highest BCUT2D eigenvalue weighted by atomic mass is 35.5. The van der Waals surface area contributed by atoms with Gasteiger partial charge in [0.05, 0.1) is 0 Å². The highest BCUT2D eigenvalue weighted by molar-refractivity contribution is 6.29. The van der Waals surface area contributed by atoms with Crippen LogP contribution in [0.4, 0.5) is 11.8 Å². The zero-order valence-corrected chi connectivity index (χ0v) is 14.2. The van der Waals surface area contributed by atoms with Crippen LogP contribution < -0.4 is 16.0 Å². The number of nitrogens with zero attached hydrogens (tertiary/aromatic N) is 3. The fraction of sp³-hybridized carbons (Fsp3) is 0.667. The van der Waals surface area contributed by atoms with Crippen molar-refractivity contribution in [1.29, 1.82) is 0 Å². The standard InChI is InChI=1S/C15H24ClN5O/c1-15(2,3)13(22)18-8-10-5-4-6-21(9-10)12-7-11(16)19-14(17)20-12/h7,10H,4-6,8-9H2,1-3H3,(H,18,22)(H2,17,19,20). The molecular weight excluding hydrogens is 302 g/mol. The number of aromatic nitrogens is 2. The quantitative estimate of drug-likeness (QED) is 0.831. The molecule has 3 N–H and O–H groups in total. The number of nitrogens with two attached hydrogens (primary N) is 1. The first-order valence-electron chi connectivity index (χ1n) is 7.59. The molecule has 122 valence electrons. The summed E-state index contributed by atoms with van der Waals surface area (Å²) in [6.07, 6.45) is 2.15. The van der Waals surface area contributed by atoms with Gasteiger partial charge in [0.15, 0.2) is 0 Å². The van der Waals surface area contributed by atoms with Gasteiger partial charge in [0, 0.05) is 31.1 Å². The molecule has 2 rings (SSSR count). The highest BCUT2D eigenvalue weighted by Gasteiger charge is 2.25. The second-order valence-corrected chi connectivity index (χ2v) is 7.21. The van der Waals surface area contributed by atoms with Crippen LogP contribution in [-0.2, 0) is 4.79 Å². The number of piperidine rings is 1. The summed E-state index contributed by atoms with van der Waals surface area (Å²) < 4.78 is 0. The summed E-state index contributed by atoms with van der Waals surface area (Å²) in [6, 6.07) is 1.73. The average Bonchev–Trinajstić information content (AvgIpc) is 2.43. The molecule has 0 bridgehead atoms. The monoisotopic (exact) mass is 325 g/mol. The van der Waals surface area contributed by atoms with E-state index in [9.17, 15) is 4.79 Å². The molecule has 0 radical (unpaired) electrons. The Kier molecular flexibility index (Phi) is 5.11. The van der Waals surface area contributed by atoms with Crippen molar-refractivity contribution in [2.45, 2.75) is 33.6 Å². The van der Waals surface area contributed by atoms with Crippen molar-refractivity contribution in [2.75, 3.05) is 30.3 Å². The maximum absolute atomic E-state index is 12.0. The molecule has 1 aromatic rings. The first kappa shape index (κ1) is 16.8. The van der Waals surface area contributed by atoms with Gasteiger partial charge in [-0.3, -0.25) is 4.79 Å². The molecule has 1 amide bonds. The second kappa shape index (κ2) is 6.69. The molecule has 0 saturated carbocycles. The molecule has 0 aromatic carbocycles. The maximum Gasteiger partial charge on any atom is 0.225 e. The number of hydrogen-bond donors (Lipinski definition) is 2. The summed E-state index contributed by atoms with van der Waals surface area (Å²) in [5, 5.41) is 3.39. The van der Waals surface area contributed by atoms with E-state index in [2.05, 4.69) is 20.2 Å². The SMILES string of the molecule is CC(C)(C)C(=O)NCC1CCCN(c2cc(Cl)nc(N)n2)C1. The largest absolute Gasteiger partial charge is 0.368 e. The van der Waals surface area contributed by atoms with Crippen LogP contribution in [0.25, 0.3) is 0 Å². The molecule has 1 aliphatic heterocycles. The Morgan fingerprint density at radius 3 is 2.86 bits per heavy atom. The van der Waals surface area contributed by atoms with E-state index in [4.69, 9.17) is 17.3 Å². The van der Waals surface area contributed by atoms with Crippen LogP contribution in [0.2, 0.25) is 5.15 Å². The van der Waals surface area contributed by atoms with Crippen LogP contribution in [0.1, 0.15) is 33.6 Å². The van der Waals surface area contributed by atoms with Gasteiger partial charge in [-0.15, -0.1) is 0 Å². The predicted molar refractivity (Wildman–Crippen MR) is 88.9 cm³/mol. The smallest absolute Gasteiger partial charge is 0.225 e. The van der Waals surface area contributed by atoms with Gasteiger partial charge in [0.2, 0.25) is 11.9 Å². The van der Waals surface area contributed by atoms with Crippen molar-refractivity contribution >= 4 is 29.3 Å². The summed E-state index contributed by atoms with van der Waals surface area (Å²) in [5.74, 6) is 1.42. The zero-order chi connectivity index (χ0) is 16.3. The molecule has 1 fully saturated rings. The van der Waals surface area contributed by atoms with Crippen LogP contribution in [-0.4, -0.2) is 35.5 Å². The van der Waals surface area contributed by atoms with Crippen LogP contribution in [0, 0.1) is 11.3 Å². The molecule has 1 aliphatic rings. The van der Waals surface area contributed by atoms with E-state index in [1.165, 1.54) is 0 Å². The van der Waals surface area contributed by atoms with Gasteiger partial charge >= 0.3 is 0 Å². The van der Waals surface area contributed by atoms with Gasteiger partial charge in [-0.25, -0.2) is 4.98 Å². The highest BCUT2D eigenvalue weighted by Crippen LogP contribution is 2.24. The lowest BCUT2D eigenvalue weighted by Crippen LogP contribution is -2.43. The number of rotatable bonds is 3. The lowest BCUT2D eigenvalue weighted by atomic mass is 9.94. The number of carbonyl (C=O) groups excluding carboxylic acids is 1. The van der Waals surface area contributed by atoms with E-state index < -0.39 is 0 Å². The van der Waals surface area contributed by atoms with Gasteiger partial charge in [0.1, 0.15) is 11.0 Å². The van der Waals surface area contributed by atoms with E-state index in [1.54, 1.807) is 6.07 Å². The summed E-state index contributed by atoms with van der Waals surface area (Å²) in [4.78, 5) is 22.3. The topological polar surface area (TPSA) is 84.1 Å². The third kappa shape index (κ3) is 4.47. The first-order chi connectivity index (χ1) is 10.3. The van der Waals surface area contributed by atoms with Gasteiger partial charge in [0.25, 0.3) is 0 Å². The van der Waals surface area contributed by atoms with Crippen molar-refractivity contribution < 1.29 is 4.79 Å². The summed E-state index contributed by atoms with van der Waals surface area (Å²) in [5.41, 5.74) is 5.30. The number of anilines is 2. The van der Waals surface area contributed by atoms with E-state index in [0.29, 0.717) is 17.6 Å². The van der Waals surface area contributed by atoms with E-state index in [1.807, 2.05) is 20.8 Å². The fourth-order valence-electron chi connectivity index (χ4n) is 2.53. The van der Waals surface area contributed by atoms with Crippen LogP contribution in [0.5, 0.6) is 0 Å². The second-order valence-electron chi connectivity index (χ2n) is 6.82. The molecule has 6 nitrogen and oxygen atoms in total. The van der Waals surface area contributed by atoms with Gasteiger partial charge in [-0.05, 0) is 18.8 Å². The molecule has 22 heavy (non-hydrogen) atoms. The third-order valence-electron chi connectivity index (χ3n) is 3.77. The van der Waals surface area contributed by atoms with E-state index >= 15 is 0 Å². The molecule has 2 heterocycles. The van der Waals surface area contributed by atoms with Crippen molar-refractivity contribution in [1.82, 2.24) is 15.3 Å². The van der Waals surface area contributed by atoms with E-state index in [-0.39, 0.29) is 17.3 Å². The van der Waals surface area contributed by atoms with E-state index in [0.717, 1.165) is 31.7 Å². The number of carbonyl (C=O) groups is 1. The average molecular weight is 326 g/mol. The molecule has 7 heteroatoms. The minimum atomic E-state index is -0.358. The number of halogens is 1. The number of nitrogen functional groups attached to an aromatic ring is 1. The molecule has 1 atom stereocenters. The third-order valence-corrected chi connectivity index (χ3v) is 3.97. The van der Waals surface area contributed by atoms with Crippen molar-refractivity contribution in [3.8, 4) is 0 Å². The predicted octanol–water partition coefficient (Wildman–Crippen LogP) is 2.09. The summed E-state index contributed by atoms with van der Waals surface area (Å²) in [7, 11) is 0. The molecule has 0 aliphatic carbocycles. The van der Waals surface area contributed by atoms with Gasteiger partial charge in [-0.1, -0.05) is 32.4 Å². The maximum atomic E-state index is 12.0. The first-order valence-corrected chi connectivity index (χ1v) is 7.97. The van der Waals surface area contributed by atoms with Crippen LogP contribution in [0.3, 0.4) is 0 Å². The Bertz CT molecular complexity index is 523. The van der Waals surface area contributed by atoms with Crippen LogP contribution in [0.15, 0.2) is 6.07 Å². The van der Waals surface area contributed by atoms with Gasteiger partial charge < -0.3 is 16.0 Å². The molecule has 1 unspecified atom stereocenters. The Labute approximate surface area is 136 Å². The molecule has 0 spiro atoms. The summed E-state index contributed by atoms with van der Waals surface area (Å²) in [6.45, 7) is 8.18. The lowest BCUT2D eigenvalue weighted by Gasteiger charge is -2.34. The lowest BCUT2D eigenvalue weighted by molar-refractivity contribution is -0.128. The molecular formula is C15H24ClN5O. The minimum Gasteiger partial charge on any atom is -0.368 e. The normalized spacial score (nSPS) is 19.1. The Morgan fingerprint density at radius 1 is 1.50 bits per heavy atom. The minimum absolute atomic E-state index is 0.0824.